The van der Waals surface area contributed by atoms with Crippen LogP contribution in [0.4, 0.5) is 0 Å². The average Bonchev–Trinajstić information content (AvgIpc) is 2.78. The van der Waals surface area contributed by atoms with E-state index in [0.29, 0.717) is 0 Å². The van der Waals surface area contributed by atoms with Gasteiger partial charge >= 0.3 is 0 Å². The molecule has 0 aliphatic carbocycles. The normalized spacial score (nSPS) is 14.2. The van der Waals surface area contributed by atoms with E-state index in [1.807, 2.05) is 11.3 Å². The van der Waals surface area contributed by atoms with Crippen molar-refractivity contribution >= 4 is 11.3 Å². The molecule has 0 radical (unpaired) electrons. The van der Waals surface area contributed by atoms with E-state index in [-0.39, 0.29) is 11.6 Å². The van der Waals surface area contributed by atoms with Crippen LogP contribution in [0.2, 0.25) is 0 Å². The zero-order chi connectivity index (χ0) is 13.8. The molecular formula is C15H28N2S. The minimum Gasteiger partial charge on any atom is -0.326 e. The summed E-state index contributed by atoms with van der Waals surface area (Å²) in [5.74, 6) is 0. The topological polar surface area (TPSA) is 29.3 Å². The summed E-state index contributed by atoms with van der Waals surface area (Å²) < 4.78 is 0. The van der Waals surface area contributed by atoms with Gasteiger partial charge < -0.3 is 5.73 Å². The number of aryl methyl sites for hydroxylation is 1. The van der Waals surface area contributed by atoms with Crippen LogP contribution in [0, 0.1) is 0 Å². The molecule has 2 N–H and O–H groups in total. The van der Waals surface area contributed by atoms with Gasteiger partial charge in [-0.1, -0.05) is 20.8 Å². The highest BCUT2D eigenvalue weighted by Gasteiger charge is 2.31. The van der Waals surface area contributed by atoms with Crippen LogP contribution in [-0.4, -0.2) is 29.6 Å². The van der Waals surface area contributed by atoms with E-state index in [1.54, 1.807) is 0 Å². The van der Waals surface area contributed by atoms with E-state index in [2.05, 4.69) is 51.7 Å². The summed E-state index contributed by atoms with van der Waals surface area (Å²) in [6.45, 7) is 13.3. The average molecular weight is 268 g/mol. The number of hydrogen-bond donors (Lipinski definition) is 1. The van der Waals surface area contributed by atoms with Crippen molar-refractivity contribution in [2.75, 3.05) is 13.1 Å². The van der Waals surface area contributed by atoms with E-state index >= 15 is 0 Å². The highest BCUT2D eigenvalue weighted by atomic mass is 32.1. The molecule has 1 unspecified atom stereocenters. The predicted octanol–water partition coefficient (Wildman–Crippen LogP) is 3.30. The fourth-order valence-corrected chi connectivity index (χ4v) is 3.48. The molecule has 0 spiro atoms. The third kappa shape index (κ3) is 3.56. The SMILES string of the molecule is CCc1ccc(CC(N)C(C)(C)N(CC)CC)s1. The first kappa shape index (κ1) is 15.7. The standard InChI is InChI=1S/C15H28N2S/c1-6-12-9-10-13(18-12)11-14(16)15(4,5)17(7-2)8-3/h9-10,14H,6-8,11,16H2,1-5H3. The summed E-state index contributed by atoms with van der Waals surface area (Å²) in [6.07, 6.45) is 2.10. The van der Waals surface area contributed by atoms with Gasteiger partial charge in [-0.05, 0) is 51.9 Å². The lowest BCUT2D eigenvalue weighted by atomic mass is 9.90. The first-order valence-corrected chi connectivity index (χ1v) is 7.85. The molecule has 0 aliphatic heterocycles. The van der Waals surface area contributed by atoms with Crippen molar-refractivity contribution in [1.29, 1.82) is 0 Å². The highest BCUT2D eigenvalue weighted by Crippen LogP contribution is 2.24. The number of likely N-dealkylation sites (N-methyl/N-ethyl adjacent to an activating group) is 1. The Morgan fingerprint density at radius 3 is 2.17 bits per heavy atom. The van der Waals surface area contributed by atoms with Crippen LogP contribution in [0.25, 0.3) is 0 Å². The maximum atomic E-state index is 6.45. The van der Waals surface area contributed by atoms with Gasteiger partial charge in [-0.2, -0.15) is 0 Å². The van der Waals surface area contributed by atoms with Gasteiger partial charge in [0.05, 0.1) is 0 Å². The van der Waals surface area contributed by atoms with Crippen LogP contribution in [0.5, 0.6) is 0 Å². The first-order chi connectivity index (χ1) is 8.45. The van der Waals surface area contributed by atoms with Gasteiger partial charge in [0.2, 0.25) is 0 Å². The van der Waals surface area contributed by atoms with Crippen LogP contribution >= 0.6 is 11.3 Å². The molecule has 1 atom stereocenters. The Labute approximate surface area is 116 Å². The summed E-state index contributed by atoms with van der Waals surface area (Å²) >= 11 is 1.91. The molecule has 0 fully saturated rings. The molecule has 1 heterocycles. The molecule has 1 rings (SSSR count). The fourth-order valence-electron chi connectivity index (χ4n) is 2.46. The molecule has 0 bridgehead atoms. The van der Waals surface area contributed by atoms with Crippen molar-refractivity contribution in [1.82, 2.24) is 4.90 Å². The van der Waals surface area contributed by atoms with Gasteiger partial charge in [-0.25, -0.2) is 0 Å². The Morgan fingerprint density at radius 1 is 1.17 bits per heavy atom. The maximum Gasteiger partial charge on any atom is 0.0307 e. The monoisotopic (exact) mass is 268 g/mol. The highest BCUT2D eigenvalue weighted by molar-refractivity contribution is 7.11. The number of rotatable bonds is 7. The van der Waals surface area contributed by atoms with Gasteiger partial charge in [0, 0.05) is 21.3 Å². The lowest BCUT2D eigenvalue weighted by Gasteiger charge is -2.41. The van der Waals surface area contributed by atoms with Crippen molar-refractivity contribution in [3.8, 4) is 0 Å². The molecule has 0 aromatic carbocycles. The van der Waals surface area contributed by atoms with Crippen molar-refractivity contribution < 1.29 is 0 Å². The summed E-state index contributed by atoms with van der Waals surface area (Å²) in [7, 11) is 0. The van der Waals surface area contributed by atoms with Crippen LogP contribution in [0.15, 0.2) is 12.1 Å². The number of thiophene rings is 1. The van der Waals surface area contributed by atoms with Gasteiger partial charge in [0.25, 0.3) is 0 Å². The Balaban J connectivity index is 2.71. The zero-order valence-electron chi connectivity index (χ0n) is 12.5. The molecule has 0 saturated carbocycles. The van der Waals surface area contributed by atoms with E-state index in [1.165, 1.54) is 9.75 Å². The lowest BCUT2D eigenvalue weighted by molar-refractivity contribution is 0.107. The molecule has 2 nitrogen and oxygen atoms in total. The van der Waals surface area contributed by atoms with Crippen LogP contribution in [-0.2, 0) is 12.8 Å². The van der Waals surface area contributed by atoms with E-state index in [9.17, 15) is 0 Å². The lowest BCUT2D eigenvalue weighted by Crippen LogP contribution is -2.56. The maximum absolute atomic E-state index is 6.45. The zero-order valence-corrected chi connectivity index (χ0v) is 13.3. The van der Waals surface area contributed by atoms with Gasteiger partial charge in [0.1, 0.15) is 0 Å². The smallest absolute Gasteiger partial charge is 0.0307 e. The molecule has 1 aromatic rings. The second-order valence-electron chi connectivity index (χ2n) is 5.36. The third-order valence-electron chi connectivity index (χ3n) is 3.97. The Bertz CT molecular complexity index is 353. The van der Waals surface area contributed by atoms with E-state index in [4.69, 9.17) is 5.73 Å². The Hall–Kier alpha value is -0.380. The van der Waals surface area contributed by atoms with Crippen LogP contribution in [0.1, 0.15) is 44.4 Å². The van der Waals surface area contributed by atoms with Crippen LogP contribution < -0.4 is 5.73 Å². The largest absolute Gasteiger partial charge is 0.326 e. The predicted molar refractivity (Wildman–Crippen MR) is 82.4 cm³/mol. The Morgan fingerprint density at radius 2 is 1.72 bits per heavy atom. The number of hydrogen-bond acceptors (Lipinski definition) is 3. The van der Waals surface area contributed by atoms with Crippen molar-refractivity contribution in [2.45, 2.75) is 59.0 Å². The minimum atomic E-state index is 0.0554. The molecule has 1 aromatic heterocycles. The molecular weight excluding hydrogens is 240 g/mol. The van der Waals surface area contributed by atoms with Crippen LogP contribution in [0.3, 0.4) is 0 Å². The molecule has 18 heavy (non-hydrogen) atoms. The van der Waals surface area contributed by atoms with Crippen molar-refractivity contribution in [2.24, 2.45) is 5.73 Å². The number of nitrogens with two attached hydrogens (primary N) is 1. The summed E-state index contributed by atoms with van der Waals surface area (Å²) in [5.41, 5.74) is 6.51. The first-order valence-electron chi connectivity index (χ1n) is 7.03. The molecule has 0 saturated heterocycles. The second-order valence-corrected chi connectivity index (χ2v) is 6.61. The molecule has 0 aliphatic rings. The third-order valence-corrected chi connectivity index (χ3v) is 5.22. The van der Waals surface area contributed by atoms with Gasteiger partial charge in [0.15, 0.2) is 0 Å². The summed E-state index contributed by atoms with van der Waals surface area (Å²) in [6, 6.07) is 4.65. The van der Waals surface area contributed by atoms with Gasteiger partial charge in [-0.3, -0.25) is 4.90 Å². The molecule has 104 valence electrons. The molecule has 0 amide bonds. The van der Waals surface area contributed by atoms with Crippen molar-refractivity contribution in [3.63, 3.8) is 0 Å². The van der Waals surface area contributed by atoms with E-state index < -0.39 is 0 Å². The van der Waals surface area contributed by atoms with E-state index in [0.717, 1.165) is 25.9 Å². The fraction of sp³-hybridized carbons (Fsp3) is 0.733. The Kier molecular flexibility index (Phi) is 5.83. The summed E-state index contributed by atoms with van der Waals surface area (Å²) in [5, 5.41) is 0. The van der Waals surface area contributed by atoms with Crippen molar-refractivity contribution in [3.05, 3.63) is 21.9 Å². The summed E-state index contributed by atoms with van der Waals surface area (Å²) in [4.78, 5) is 5.32. The second kappa shape index (κ2) is 6.69. The minimum absolute atomic E-state index is 0.0554. The molecule has 3 heteroatoms. The quantitative estimate of drug-likeness (QED) is 0.822. The van der Waals surface area contributed by atoms with Gasteiger partial charge in [-0.15, -0.1) is 11.3 Å². The number of nitrogens with zero attached hydrogens (tertiary/aromatic N) is 1.